The monoisotopic (exact) mass is 510 g/mol. The Labute approximate surface area is 197 Å². The predicted octanol–water partition coefficient (Wildman–Crippen LogP) is 3.50. The number of methoxy groups -OCH3 is 1. The maximum Gasteiger partial charge on any atom is 0.329 e. The Hall–Kier alpha value is -4.18. The predicted molar refractivity (Wildman–Crippen MR) is 128 cm³/mol. The lowest BCUT2D eigenvalue weighted by Crippen LogP contribution is -2.33. The van der Waals surface area contributed by atoms with E-state index in [1.165, 1.54) is 37.6 Å². The van der Waals surface area contributed by atoms with Crippen LogP contribution in [0, 0.1) is 0 Å². The van der Waals surface area contributed by atoms with Crippen LogP contribution in [-0.2, 0) is 9.59 Å². The smallest absolute Gasteiger partial charge is 0.329 e. The molecule has 3 aromatic rings. The topological polar surface area (TPSA) is 129 Å². The Kier molecular flexibility index (Phi) is 7.77. The molecule has 3 amide bonds. The highest BCUT2D eigenvalue weighted by atomic mass is 79.9. The molecular weight excluding hydrogens is 492 g/mol. The van der Waals surface area contributed by atoms with E-state index in [1.54, 1.807) is 42.5 Å². The molecule has 0 atom stereocenters. The van der Waals surface area contributed by atoms with Crippen molar-refractivity contribution in [2.45, 2.75) is 0 Å². The van der Waals surface area contributed by atoms with E-state index in [1.807, 2.05) is 0 Å². The summed E-state index contributed by atoms with van der Waals surface area (Å²) in [6.45, 7) is 0. The third-order valence-electron chi connectivity index (χ3n) is 4.33. The molecule has 0 aliphatic carbocycles. The second-order valence-electron chi connectivity index (χ2n) is 6.58. The summed E-state index contributed by atoms with van der Waals surface area (Å²) in [6, 6.07) is 17.7. The number of phenols is 1. The van der Waals surface area contributed by atoms with Crippen LogP contribution < -0.4 is 20.8 Å². The summed E-state index contributed by atoms with van der Waals surface area (Å²) >= 11 is 3.32. The van der Waals surface area contributed by atoms with E-state index >= 15 is 0 Å². The molecule has 0 heterocycles. The van der Waals surface area contributed by atoms with Crippen molar-refractivity contribution >= 4 is 51.2 Å². The first-order chi connectivity index (χ1) is 15.9. The summed E-state index contributed by atoms with van der Waals surface area (Å²) in [5.41, 5.74) is 3.25. The van der Waals surface area contributed by atoms with Gasteiger partial charge in [-0.25, -0.2) is 5.43 Å². The fraction of sp³-hybridized carbons (Fsp3) is 0.0435. The number of para-hydroxylation sites is 1. The Bertz CT molecular complexity index is 1210. The quantitative estimate of drug-likeness (QED) is 0.229. The Morgan fingerprint density at radius 3 is 2.42 bits per heavy atom. The molecule has 0 aliphatic heterocycles. The molecule has 168 valence electrons. The number of hydrogen-bond donors (Lipinski definition) is 4. The molecule has 0 saturated heterocycles. The number of carbonyl (C=O) groups is 3. The van der Waals surface area contributed by atoms with Gasteiger partial charge in [0.15, 0.2) is 0 Å². The van der Waals surface area contributed by atoms with Gasteiger partial charge in [0.25, 0.3) is 5.91 Å². The molecule has 9 nitrogen and oxygen atoms in total. The minimum Gasteiger partial charge on any atom is -0.507 e. The van der Waals surface area contributed by atoms with E-state index in [9.17, 15) is 19.5 Å². The maximum atomic E-state index is 12.7. The van der Waals surface area contributed by atoms with Crippen molar-refractivity contribution in [3.05, 3.63) is 82.3 Å². The van der Waals surface area contributed by atoms with Crippen LogP contribution >= 0.6 is 15.9 Å². The van der Waals surface area contributed by atoms with Crippen LogP contribution in [0.5, 0.6) is 11.5 Å². The number of halogens is 1. The third kappa shape index (κ3) is 6.40. The summed E-state index contributed by atoms with van der Waals surface area (Å²) in [4.78, 5) is 37.1. The summed E-state index contributed by atoms with van der Waals surface area (Å²) < 4.78 is 5.92. The first-order valence-electron chi connectivity index (χ1n) is 9.54. The highest BCUT2D eigenvalue weighted by molar-refractivity contribution is 9.10. The SMILES string of the molecule is COc1ccc(O)c(C=NNC(=O)C(=O)Nc2ccccc2C(=O)Nc2ccc(Br)cc2)c1. The van der Waals surface area contributed by atoms with Crippen molar-refractivity contribution in [3.63, 3.8) is 0 Å². The number of aromatic hydroxyl groups is 1. The lowest BCUT2D eigenvalue weighted by atomic mass is 10.1. The zero-order chi connectivity index (χ0) is 23.8. The molecule has 0 aromatic heterocycles. The molecular formula is C23H19BrN4O5. The molecule has 0 fully saturated rings. The van der Waals surface area contributed by atoms with Crippen LogP contribution in [0.4, 0.5) is 11.4 Å². The van der Waals surface area contributed by atoms with E-state index in [-0.39, 0.29) is 22.6 Å². The van der Waals surface area contributed by atoms with Gasteiger partial charge in [0.1, 0.15) is 11.5 Å². The fourth-order valence-corrected chi connectivity index (χ4v) is 2.94. The lowest BCUT2D eigenvalue weighted by molar-refractivity contribution is -0.136. The number of rotatable bonds is 6. The molecule has 0 saturated carbocycles. The molecule has 0 radical (unpaired) electrons. The first kappa shape index (κ1) is 23.5. The van der Waals surface area contributed by atoms with E-state index in [4.69, 9.17) is 4.74 Å². The van der Waals surface area contributed by atoms with Gasteiger partial charge in [0, 0.05) is 15.7 Å². The Balaban J connectivity index is 1.64. The number of nitrogens with one attached hydrogen (secondary N) is 3. The number of amides is 3. The minimum atomic E-state index is -1.06. The summed E-state index contributed by atoms with van der Waals surface area (Å²) in [5.74, 6) is -2.14. The molecule has 10 heteroatoms. The van der Waals surface area contributed by atoms with Crippen LogP contribution in [0.25, 0.3) is 0 Å². The molecule has 3 rings (SSSR count). The summed E-state index contributed by atoms with van der Waals surface area (Å²) in [5, 5.41) is 18.6. The van der Waals surface area contributed by atoms with Gasteiger partial charge in [0.05, 0.1) is 24.6 Å². The summed E-state index contributed by atoms with van der Waals surface area (Å²) in [7, 11) is 1.47. The number of hydrazone groups is 1. The highest BCUT2D eigenvalue weighted by Crippen LogP contribution is 2.21. The van der Waals surface area contributed by atoms with Gasteiger partial charge in [-0.3, -0.25) is 14.4 Å². The number of phenolic OH excluding ortho intramolecular Hbond substituents is 1. The molecule has 0 spiro atoms. The highest BCUT2D eigenvalue weighted by Gasteiger charge is 2.18. The molecule has 0 aliphatic rings. The fourth-order valence-electron chi connectivity index (χ4n) is 2.68. The first-order valence-corrected chi connectivity index (χ1v) is 10.3. The van der Waals surface area contributed by atoms with Gasteiger partial charge in [0.2, 0.25) is 0 Å². The molecule has 0 unspecified atom stereocenters. The lowest BCUT2D eigenvalue weighted by Gasteiger charge is -2.11. The van der Waals surface area contributed by atoms with Crippen LogP contribution in [0.15, 0.2) is 76.3 Å². The van der Waals surface area contributed by atoms with Gasteiger partial charge in [-0.2, -0.15) is 5.10 Å². The van der Waals surface area contributed by atoms with E-state index in [0.29, 0.717) is 11.4 Å². The van der Waals surface area contributed by atoms with Crippen LogP contribution in [0.2, 0.25) is 0 Å². The average molecular weight is 511 g/mol. The van der Waals surface area contributed by atoms with Crippen molar-refractivity contribution in [2.75, 3.05) is 17.7 Å². The van der Waals surface area contributed by atoms with Gasteiger partial charge in [-0.05, 0) is 54.6 Å². The van der Waals surface area contributed by atoms with E-state index in [0.717, 1.165) is 4.47 Å². The number of nitrogens with zero attached hydrogens (tertiary/aromatic N) is 1. The number of carbonyl (C=O) groups excluding carboxylic acids is 3. The van der Waals surface area contributed by atoms with E-state index in [2.05, 4.69) is 37.1 Å². The van der Waals surface area contributed by atoms with E-state index < -0.39 is 17.7 Å². The molecule has 4 N–H and O–H groups in total. The second kappa shape index (κ2) is 10.9. The zero-order valence-electron chi connectivity index (χ0n) is 17.3. The van der Waals surface area contributed by atoms with Crippen LogP contribution in [-0.4, -0.2) is 36.2 Å². The van der Waals surface area contributed by atoms with Gasteiger partial charge < -0.3 is 20.5 Å². The van der Waals surface area contributed by atoms with Crippen molar-refractivity contribution < 1.29 is 24.2 Å². The molecule has 0 bridgehead atoms. The molecule has 3 aromatic carbocycles. The van der Waals surface area contributed by atoms with Gasteiger partial charge >= 0.3 is 11.8 Å². The number of benzene rings is 3. The van der Waals surface area contributed by atoms with Crippen molar-refractivity contribution in [3.8, 4) is 11.5 Å². The minimum absolute atomic E-state index is 0.0797. The molecule has 33 heavy (non-hydrogen) atoms. The van der Waals surface area contributed by atoms with Crippen molar-refractivity contribution in [2.24, 2.45) is 5.10 Å². The number of anilines is 2. The Morgan fingerprint density at radius 1 is 0.970 bits per heavy atom. The average Bonchev–Trinajstić information content (AvgIpc) is 2.82. The number of hydrogen-bond acceptors (Lipinski definition) is 6. The third-order valence-corrected chi connectivity index (χ3v) is 4.86. The summed E-state index contributed by atoms with van der Waals surface area (Å²) in [6.07, 6.45) is 1.17. The number of ether oxygens (including phenoxy) is 1. The van der Waals surface area contributed by atoms with Gasteiger partial charge in [-0.15, -0.1) is 0 Å². The maximum absolute atomic E-state index is 12.7. The largest absolute Gasteiger partial charge is 0.507 e. The van der Waals surface area contributed by atoms with Crippen LogP contribution in [0.3, 0.4) is 0 Å². The van der Waals surface area contributed by atoms with Crippen molar-refractivity contribution in [1.29, 1.82) is 0 Å². The standard InChI is InChI=1S/C23H19BrN4O5/c1-33-17-10-11-20(29)14(12-17)13-25-28-23(32)22(31)27-19-5-3-2-4-18(19)21(30)26-16-8-6-15(24)7-9-16/h2-13,29H,1H3,(H,26,30)(H,27,31)(H,28,32). The van der Waals surface area contributed by atoms with Crippen molar-refractivity contribution in [1.82, 2.24) is 5.43 Å². The Morgan fingerprint density at radius 2 is 1.70 bits per heavy atom. The normalized spacial score (nSPS) is 10.5. The second-order valence-corrected chi connectivity index (χ2v) is 7.50. The van der Waals surface area contributed by atoms with Gasteiger partial charge in [-0.1, -0.05) is 28.1 Å². The zero-order valence-corrected chi connectivity index (χ0v) is 18.9. The van der Waals surface area contributed by atoms with Crippen LogP contribution in [0.1, 0.15) is 15.9 Å².